The van der Waals surface area contributed by atoms with Crippen LogP contribution < -0.4 is 5.32 Å². The van der Waals surface area contributed by atoms with Gasteiger partial charge in [-0.05, 0) is 43.7 Å². The molecule has 0 spiro atoms. The van der Waals surface area contributed by atoms with E-state index in [2.05, 4.69) is 63.6 Å². The van der Waals surface area contributed by atoms with Crippen LogP contribution in [0, 0.1) is 6.92 Å². The van der Waals surface area contributed by atoms with Gasteiger partial charge in [-0.2, -0.15) is 0 Å². The summed E-state index contributed by atoms with van der Waals surface area (Å²) in [6, 6.07) is 6.47. The number of hydrogen-bond acceptors (Lipinski definition) is 3. The fraction of sp³-hybridized carbons (Fsp3) is 0.429. The van der Waals surface area contributed by atoms with Crippen molar-refractivity contribution in [1.29, 1.82) is 0 Å². The number of hydrogen-bond donors (Lipinski definition) is 1. The van der Waals surface area contributed by atoms with Crippen LogP contribution in [0.5, 0.6) is 0 Å². The van der Waals surface area contributed by atoms with Gasteiger partial charge in [0.1, 0.15) is 0 Å². The third-order valence-electron chi connectivity index (χ3n) is 3.21. The molecule has 2 aromatic rings. The molecule has 19 heavy (non-hydrogen) atoms. The Morgan fingerprint density at radius 2 is 2.21 bits per heavy atom. The van der Waals surface area contributed by atoms with Crippen LogP contribution in [0.15, 0.2) is 28.9 Å². The molecule has 4 nitrogen and oxygen atoms in total. The SMILES string of the molecule is CCCn1nncc1C(NC)c1ccc(Br)cc1C. The van der Waals surface area contributed by atoms with Gasteiger partial charge < -0.3 is 5.32 Å². The molecule has 102 valence electrons. The fourth-order valence-corrected chi connectivity index (χ4v) is 2.78. The zero-order chi connectivity index (χ0) is 13.8. The van der Waals surface area contributed by atoms with Gasteiger partial charge in [-0.25, -0.2) is 4.68 Å². The van der Waals surface area contributed by atoms with Gasteiger partial charge in [0.05, 0.1) is 17.9 Å². The largest absolute Gasteiger partial charge is 0.308 e. The lowest BCUT2D eigenvalue weighted by Gasteiger charge is -2.19. The average Bonchev–Trinajstić information content (AvgIpc) is 2.82. The van der Waals surface area contributed by atoms with Crippen LogP contribution >= 0.6 is 15.9 Å². The maximum atomic E-state index is 4.16. The van der Waals surface area contributed by atoms with E-state index < -0.39 is 0 Å². The van der Waals surface area contributed by atoms with Crippen LogP contribution in [0.2, 0.25) is 0 Å². The van der Waals surface area contributed by atoms with Crippen molar-refractivity contribution in [2.75, 3.05) is 7.05 Å². The highest BCUT2D eigenvalue weighted by Crippen LogP contribution is 2.26. The Labute approximate surface area is 122 Å². The molecule has 0 radical (unpaired) electrons. The van der Waals surface area contributed by atoms with E-state index in [4.69, 9.17) is 0 Å². The van der Waals surface area contributed by atoms with Crippen LogP contribution in [-0.2, 0) is 6.54 Å². The van der Waals surface area contributed by atoms with Crippen molar-refractivity contribution in [2.45, 2.75) is 32.9 Å². The summed E-state index contributed by atoms with van der Waals surface area (Å²) in [4.78, 5) is 0. The van der Waals surface area contributed by atoms with Crippen LogP contribution in [0.4, 0.5) is 0 Å². The molecule has 1 N–H and O–H groups in total. The maximum absolute atomic E-state index is 4.16. The second kappa shape index (κ2) is 6.30. The smallest absolute Gasteiger partial charge is 0.0801 e. The molecule has 0 aliphatic rings. The van der Waals surface area contributed by atoms with Crippen molar-refractivity contribution in [3.05, 3.63) is 45.7 Å². The monoisotopic (exact) mass is 322 g/mol. The molecule has 1 heterocycles. The second-order valence-corrected chi connectivity index (χ2v) is 5.52. The highest BCUT2D eigenvalue weighted by atomic mass is 79.9. The summed E-state index contributed by atoms with van der Waals surface area (Å²) in [5.41, 5.74) is 3.61. The molecule has 1 atom stereocenters. The van der Waals surface area contributed by atoms with E-state index in [-0.39, 0.29) is 6.04 Å². The van der Waals surface area contributed by atoms with E-state index in [1.54, 1.807) is 0 Å². The Kier molecular flexibility index (Phi) is 4.71. The van der Waals surface area contributed by atoms with E-state index >= 15 is 0 Å². The minimum Gasteiger partial charge on any atom is -0.308 e. The molecule has 0 aliphatic heterocycles. The molecule has 0 amide bonds. The van der Waals surface area contributed by atoms with Crippen molar-refractivity contribution < 1.29 is 0 Å². The Hall–Kier alpha value is -1.20. The average molecular weight is 323 g/mol. The summed E-state index contributed by atoms with van der Waals surface area (Å²) in [6.45, 7) is 5.16. The normalized spacial score (nSPS) is 12.6. The van der Waals surface area contributed by atoms with Gasteiger partial charge >= 0.3 is 0 Å². The Balaban J connectivity index is 2.41. The van der Waals surface area contributed by atoms with E-state index in [1.807, 2.05) is 17.9 Å². The summed E-state index contributed by atoms with van der Waals surface area (Å²) in [7, 11) is 1.97. The summed E-state index contributed by atoms with van der Waals surface area (Å²) < 4.78 is 3.08. The molecule has 1 aromatic carbocycles. The Morgan fingerprint density at radius 1 is 1.42 bits per heavy atom. The lowest BCUT2D eigenvalue weighted by molar-refractivity contribution is 0.522. The number of nitrogens with zero attached hydrogens (tertiary/aromatic N) is 3. The van der Waals surface area contributed by atoms with E-state index in [9.17, 15) is 0 Å². The number of rotatable bonds is 5. The van der Waals surface area contributed by atoms with Gasteiger partial charge in [0, 0.05) is 11.0 Å². The van der Waals surface area contributed by atoms with Crippen molar-refractivity contribution in [3.8, 4) is 0 Å². The third kappa shape index (κ3) is 3.04. The predicted molar refractivity (Wildman–Crippen MR) is 80.1 cm³/mol. The molecular formula is C14H19BrN4. The van der Waals surface area contributed by atoms with Gasteiger partial charge in [0.25, 0.3) is 0 Å². The summed E-state index contributed by atoms with van der Waals surface area (Å²) in [5, 5.41) is 11.6. The molecule has 1 unspecified atom stereocenters. The van der Waals surface area contributed by atoms with Gasteiger partial charge in [0.2, 0.25) is 0 Å². The summed E-state index contributed by atoms with van der Waals surface area (Å²) >= 11 is 3.51. The van der Waals surface area contributed by atoms with Crippen LogP contribution in [0.25, 0.3) is 0 Å². The van der Waals surface area contributed by atoms with Crippen LogP contribution in [-0.4, -0.2) is 22.0 Å². The molecule has 0 saturated carbocycles. The van der Waals surface area contributed by atoms with Crippen molar-refractivity contribution in [2.24, 2.45) is 0 Å². The highest BCUT2D eigenvalue weighted by Gasteiger charge is 2.18. The predicted octanol–water partition coefficient (Wildman–Crippen LogP) is 3.07. The molecule has 5 heteroatoms. The molecular weight excluding hydrogens is 304 g/mol. The second-order valence-electron chi connectivity index (χ2n) is 4.60. The summed E-state index contributed by atoms with van der Waals surface area (Å²) in [6.07, 6.45) is 2.89. The molecule has 0 saturated heterocycles. The molecule has 0 aliphatic carbocycles. The number of aromatic nitrogens is 3. The highest BCUT2D eigenvalue weighted by molar-refractivity contribution is 9.10. The van der Waals surface area contributed by atoms with Crippen molar-refractivity contribution in [1.82, 2.24) is 20.3 Å². The topological polar surface area (TPSA) is 42.7 Å². The Bertz CT molecular complexity index is 550. The third-order valence-corrected chi connectivity index (χ3v) is 3.70. The Morgan fingerprint density at radius 3 is 2.84 bits per heavy atom. The minimum absolute atomic E-state index is 0.120. The van der Waals surface area contributed by atoms with Gasteiger partial charge in [-0.3, -0.25) is 0 Å². The summed E-state index contributed by atoms with van der Waals surface area (Å²) in [5.74, 6) is 0. The standard InChI is InChI=1S/C14H19BrN4/c1-4-7-19-13(9-17-18-19)14(16-3)12-6-5-11(15)8-10(12)2/h5-6,8-9,14,16H,4,7H2,1-3H3. The van der Waals surface area contributed by atoms with Crippen LogP contribution in [0.3, 0.4) is 0 Å². The first kappa shape index (κ1) is 14.2. The van der Waals surface area contributed by atoms with Gasteiger partial charge in [-0.15, -0.1) is 5.10 Å². The van der Waals surface area contributed by atoms with E-state index in [1.165, 1.54) is 11.1 Å². The number of aryl methyl sites for hydroxylation is 2. The molecule has 0 fully saturated rings. The van der Waals surface area contributed by atoms with Crippen molar-refractivity contribution >= 4 is 15.9 Å². The zero-order valence-electron chi connectivity index (χ0n) is 11.5. The molecule has 1 aromatic heterocycles. The fourth-order valence-electron chi connectivity index (χ4n) is 2.30. The van der Waals surface area contributed by atoms with E-state index in [0.29, 0.717) is 0 Å². The van der Waals surface area contributed by atoms with Crippen LogP contribution in [0.1, 0.15) is 36.2 Å². The lowest BCUT2D eigenvalue weighted by atomic mass is 9.99. The van der Waals surface area contributed by atoms with Crippen molar-refractivity contribution in [3.63, 3.8) is 0 Å². The first-order valence-electron chi connectivity index (χ1n) is 6.49. The first-order valence-corrected chi connectivity index (χ1v) is 7.28. The zero-order valence-corrected chi connectivity index (χ0v) is 13.1. The number of benzene rings is 1. The maximum Gasteiger partial charge on any atom is 0.0801 e. The molecule has 0 bridgehead atoms. The van der Waals surface area contributed by atoms with Gasteiger partial charge in [0.15, 0.2) is 0 Å². The lowest BCUT2D eigenvalue weighted by Crippen LogP contribution is -2.22. The van der Waals surface area contributed by atoms with Gasteiger partial charge in [-0.1, -0.05) is 34.1 Å². The van der Waals surface area contributed by atoms with E-state index in [0.717, 1.165) is 23.1 Å². The number of halogens is 1. The quantitative estimate of drug-likeness (QED) is 0.919. The first-order chi connectivity index (χ1) is 9.17. The minimum atomic E-state index is 0.120. The number of nitrogens with one attached hydrogen (secondary N) is 1. The molecule has 2 rings (SSSR count).